The maximum atomic E-state index is 14.0. The molecule has 3 aromatic rings. The van der Waals surface area contributed by atoms with Gasteiger partial charge < -0.3 is 34.1 Å². The summed E-state index contributed by atoms with van der Waals surface area (Å²) in [7, 11) is 0. The molecule has 1 heterocycles. The number of fused-ring (bicyclic) bond motifs is 3. The van der Waals surface area contributed by atoms with Gasteiger partial charge in [0.15, 0.2) is 0 Å². The Hall–Kier alpha value is -4.97. The number of carbonyl (C=O) groups is 3. The minimum Gasteiger partial charge on any atom is -0.493 e. The lowest BCUT2D eigenvalue weighted by atomic mass is 9.90. The molecule has 1 aliphatic heterocycles. The number of benzene rings is 3. The minimum atomic E-state index is -0.913. The summed E-state index contributed by atoms with van der Waals surface area (Å²) in [4.78, 5) is 44.3. The van der Waals surface area contributed by atoms with E-state index in [0.29, 0.717) is 62.8 Å². The maximum Gasteiger partial charge on any atom is 0.410 e. The summed E-state index contributed by atoms with van der Waals surface area (Å²) in [6.45, 7) is 17.2. The highest BCUT2D eigenvalue weighted by Gasteiger charge is 2.33. The Labute approximate surface area is 338 Å². The molecule has 2 aliphatic rings. The van der Waals surface area contributed by atoms with Crippen LogP contribution in [0.15, 0.2) is 66.7 Å². The van der Waals surface area contributed by atoms with Crippen LogP contribution in [0.5, 0.6) is 11.5 Å². The molecule has 0 aromatic heterocycles. The van der Waals surface area contributed by atoms with Crippen LogP contribution < -0.4 is 25.6 Å². The third kappa shape index (κ3) is 12.5. The van der Waals surface area contributed by atoms with E-state index < -0.39 is 23.6 Å². The summed E-state index contributed by atoms with van der Waals surface area (Å²) in [6.07, 6.45) is 3.42. The summed E-state index contributed by atoms with van der Waals surface area (Å²) in [5.41, 5.74) is 10.3. The van der Waals surface area contributed by atoms with Crippen molar-refractivity contribution < 1.29 is 33.3 Å². The van der Waals surface area contributed by atoms with Crippen LogP contribution in [0.1, 0.15) is 97.1 Å². The molecule has 1 unspecified atom stereocenters. The van der Waals surface area contributed by atoms with Crippen molar-refractivity contribution in [2.24, 2.45) is 5.92 Å². The van der Waals surface area contributed by atoms with Crippen molar-refractivity contribution in [3.63, 3.8) is 0 Å². The number of ether oxygens (including phenoxy) is 4. The standard InChI is InChI=1S/C45H63N5O7/c1-7-10-27-55-41-30-33(54-28-15-24-49(8-2)9-3)20-21-39(41)47-48-42(51)40(29-32-22-25-50(26-23-32)44(53)57-45(4,5)6)46-43(52)56-31-38-36-18-13-11-16-34(36)35-17-12-14-19-37(35)38/h11-14,16-21,30,32,38,40,47H,7-10,15,22-29,31H2,1-6H3,(H,46,52)(H,48,51). The number of carbonyl (C=O) groups excluding carboxylic acids is 3. The molecular formula is C45H63N5O7. The second-order valence-electron chi connectivity index (χ2n) is 15.9. The molecule has 12 nitrogen and oxygen atoms in total. The summed E-state index contributed by atoms with van der Waals surface area (Å²) in [6, 6.07) is 20.9. The smallest absolute Gasteiger partial charge is 0.410 e. The molecule has 1 atom stereocenters. The number of likely N-dealkylation sites (tertiary alicyclic amines) is 1. The van der Waals surface area contributed by atoms with Crippen molar-refractivity contribution in [2.75, 3.05) is 58.0 Å². The number of hydrogen-bond donors (Lipinski definition) is 3. The highest BCUT2D eigenvalue weighted by Crippen LogP contribution is 2.44. The Morgan fingerprint density at radius 2 is 1.51 bits per heavy atom. The van der Waals surface area contributed by atoms with Gasteiger partial charge in [0.25, 0.3) is 5.91 Å². The lowest BCUT2D eigenvalue weighted by molar-refractivity contribution is -0.123. The predicted octanol–water partition coefficient (Wildman–Crippen LogP) is 8.36. The Kier molecular flexibility index (Phi) is 15.9. The number of anilines is 1. The van der Waals surface area contributed by atoms with Gasteiger partial charge >= 0.3 is 12.2 Å². The third-order valence-corrected chi connectivity index (χ3v) is 10.6. The number of rotatable bonds is 19. The normalized spacial score (nSPS) is 14.7. The average Bonchev–Trinajstić information content (AvgIpc) is 3.52. The Morgan fingerprint density at radius 1 is 0.860 bits per heavy atom. The van der Waals surface area contributed by atoms with Gasteiger partial charge in [0.1, 0.15) is 29.7 Å². The number of unbranched alkanes of at least 4 members (excludes halogenated alkanes) is 1. The first-order valence-corrected chi connectivity index (χ1v) is 20.8. The summed E-state index contributed by atoms with van der Waals surface area (Å²) in [5.74, 6) is 0.773. The first-order valence-electron chi connectivity index (χ1n) is 20.8. The summed E-state index contributed by atoms with van der Waals surface area (Å²) >= 11 is 0. The van der Waals surface area contributed by atoms with Gasteiger partial charge in [0.05, 0.1) is 18.9 Å². The van der Waals surface area contributed by atoms with E-state index in [1.165, 1.54) is 0 Å². The van der Waals surface area contributed by atoms with Gasteiger partial charge in [0, 0.05) is 31.6 Å². The number of piperidine rings is 1. The molecule has 5 rings (SSSR count). The van der Waals surface area contributed by atoms with E-state index >= 15 is 0 Å². The first-order chi connectivity index (χ1) is 27.5. The monoisotopic (exact) mass is 785 g/mol. The second-order valence-corrected chi connectivity index (χ2v) is 15.9. The average molecular weight is 786 g/mol. The van der Waals surface area contributed by atoms with Gasteiger partial charge in [0.2, 0.25) is 0 Å². The SMILES string of the molecule is CCCCOc1cc(OCCCN(CC)CC)ccc1NNC(=O)C(CC1CCN(C(=O)OC(C)(C)C)CC1)NC(=O)OCC1c2ccccc2-c2ccccc21. The van der Waals surface area contributed by atoms with Crippen LogP contribution in [0.4, 0.5) is 15.3 Å². The fourth-order valence-corrected chi connectivity index (χ4v) is 7.40. The van der Waals surface area contributed by atoms with Crippen molar-refractivity contribution in [2.45, 2.75) is 97.6 Å². The molecule has 0 spiro atoms. The second kappa shape index (κ2) is 21.0. The summed E-state index contributed by atoms with van der Waals surface area (Å²) in [5, 5.41) is 2.87. The molecule has 1 fully saturated rings. The number of hydrogen-bond acceptors (Lipinski definition) is 9. The van der Waals surface area contributed by atoms with Crippen molar-refractivity contribution in [1.82, 2.24) is 20.5 Å². The molecule has 1 aliphatic carbocycles. The van der Waals surface area contributed by atoms with Crippen molar-refractivity contribution in [3.05, 3.63) is 77.9 Å². The van der Waals surface area contributed by atoms with E-state index in [9.17, 15) is 14.4 Å². The molecule has 3 amide bonds. The van der Waals surface area contributed by atoms with Gasteiger partial charge in [-0.05, 0) is 106 Å². The number of nitrogens with one attached hydrogen (secondary N) is 3. The highest BCUT2D eigenvalue weighted by atomic mass is 16.6. The van der Waals surface area contributed by atoms with Gasteiger partial charge in [-0.25, -0.2) is 9.59 Å². The molecule has 3 aromatic carbocycles. The van der Waals surface area contributed by atoms with E-state index in [2.05, 4.69) is 66.1 Å². The molecule has 0 saturated carbocycles. The lowest BCUT2D eigenvalue weighted by Crippen LogP contribution is -2.50. The van der Waals surface area contributed by atoms with Crippen LogP contribution >= 0.6 is 0 Å². The molecule has 57 heavy (non-hydrogen) atoms. The Bertz CT molecular complexity index is 1720. The van der Waals surface area contributed by atoms with Crippen LogP contribution in [-0.2, 0) is 14.3 Å². The van der Waals surface area contributed by atoms with Crippen LogP contribution in [0.2, 0.25) is 0 Å². The molecule has 310 valence electrons. The molecule has 0 radical (unpaired) electrons. The quantitative estimate of drug-likeness (QED) is 0.0811. The van der Waals surface area contributed by atoms with Crippen LogP contribution in [-0.4, -0.2) is 92.1 Å². The van der Waals surface area contributed by atoms with Gasteiger partial charge in [-0.2, -0.15) is 0 Å². The zero-order chi connectivity index (χ0) is 40.8. The fourth-order valence-electron chi connectivity index (χ4n) is 7.40. The molecule has 0 bridgehead atoms. The molecule has 3 N–H and O–H groups in total. The molecule has 12 heteroatoms. The Morgan fingerprint density at radius 3 is 2.14 bits per heavy atom. The van der Waals surface area contributed by atoms with Crippen LogP contribution in [0, 0.1) is 5.92 Å². The molecular weight excluding hydrogens is 723 g/mol. The number of nitrogens with zero attached hydrogens (tertiary/aromatic N) is 2. The highest BCUT2D eigenvalue weighted by molar-refractivity contribution is 5.87. The van der Waals surface area contributed by atoms with Gasteiger partial charge in [-0.3, -0.25) is 15.6 Å². The zero-order valence-electron chi connectivity index (χ0n) is 34.7. The Balaban J connectivity index is 1.24. The maximum absolute atomic E-state index is 14.0. The van der Waals surface area contributed by atoms with Crippen molar-refractivity contribution in [1.29, 1.82) is 0 Å². The summed E-state index contributed by atoms with van der Waals surface area (Å²) < 4.78 is 23.6. The first kappa shape index (κ1) is 43.2. The van der Waals surface area contributed by atoms with E-state index in [0.717, 1.165) is 61.2 Å². The van der Waals surface area contributed by atoms with E-state index in [-0.39, 0.29) is 24.5 Å². The molecule has 1 saturated heterocycles. The number of alkyl carbamates (subject to hydrolysis) is 1. The third-order valence-electron chi connectivity index (χ3n) is 10.6. The zero-order valence-corrected chi connectivity index (χ0v) is 34.7. The predicted molar refractivity (Wildman–Crippen MR) is 224 cm³/mol. The van der Waals surface area contributed by atoms with Crippen LogP contribution in [0.25, 0.3) is 11.1 Å². The fraction of sp³-hybridized carbons (Fsp3) is 0.533. The van der Waals surface area contributed by atoms with E-state index in [4.69, 9.17) is 18.9 Å². The minimum absolute atomic E-state index is 0.0689. The topological polar surface area (TPSA) is 131 Å². The largest absolute Gasteiger partial charge is 0.493 e. The van der Waals surface area contributed by atoms with Crippen LogP contribution in [0.3, 0.4) is 0 Å². The van der Waals surface area contributed by atoms with E-state index in [1.54, 1.807) is 4.90 Å². The van der Waals surface area contributed by atoms with Crippen molar-refractivity contribution in [3.8, 4) is 22.6 Å². The lowest BCUT2D eigenvalue weighted by Gasteiger charge is -2.34. The van der Waals surface area contributed by atoms with Gasteiger partial charge in [-0.1, -0.05) is 75.7 Å². The number of hydrazine groups is 1. The van der Waals surface area contributed by atoms with E-state index in [1.807, 2.05) is 63.2 Å². The van der Waals surface area contributed by atoms with Crippen molar-refractivity contribution >= 4 is 23.8 Å². The number of amides is 3. The van der Waals surface area contributed by atoms with Gasteiger partial charge in [-0.15, -0.1) is 0 Å².